The van der Waals surface area contributed by atoms with Gasteiger partial charge < -0.3 is 20.4 Å². The summed E-state index contributed by atoms with van der Waals surface area (Å²) in [5.41, 5.74) is 5.33. The van der Waals surface area contributed by atoms with Crippen molar-refractivity contribution >= 4 is 6.29 Å². The summed E-state index contributed by atoms with van der Waals surface area (Å²) in [6.45, 7) is 1.08. The maximum Gasteiger partial charge on any atom is 0.201 e. The van der Waals surface area contributed by atoms with E-state index in [4.69, 9.17) is 10.5 Å². The van der Waals surface area contributed by atoms with Gasteiger partial charge in [0.05, 0.1) is 0 Å². The number of ether oxygens (including phenoxy) is 1. The fourth-order valence-electron chi connectivity index (χ4n) is 1.65. The third kappa shape index (κ3) is 3.71. The monoisotopic (exact) mass is 291 g/mol. The van der Waals surface area contributed by atoms with Crippen LogP contribution in [0.3, 0.4) is 0 Å². The Labute approximate surface area is 114 Å². The lowest BCUT2D eigenvalue weighted by Gasteiger charge is -2.19. The highest BCUT2D eigenvalue weighted by Crippen LogP contribution is 2.28. The van der Waals surface area contributed by atoms with E-state index in [0.29, 0.717) is 12.4 Å². The van der Waals surface area contributed by atoms with Crippen LogP contribution in [0.2, 0.25) is 0 Å². The van der Waals surface area contributed by atoms with Crippen LogP contribution in [0.5, 0.6) is 5.75 Å². The van der Waals surface area contributed by atoms with Crippen molar-refractivity contribution in [1.82, 2.24) is 0 Å². The second kappa shape index (κ2) is 7.25. The first-order chi connectivity index (χ1) is 9.42. The predicted molar refractivity (Wildman–Crippen MR) is 65.9 cm³/mol. The molecule has 0 aliphatic carbocycles. The van der Waals surface area contributed by atoms with E-state index in [-0.39, 0.29) is 18.4 Å². The Bertz CT molecular complexity index is 482. The number of carbonyl (C=O) groups excluding carboxylic acids is 1. The van der Waals surface area contributed by atoms with Crippen LogP contribution in [0.15, 0.2) is 6.07 Å². The van der Waals surface area contributed by atoms with Gasteiger partial charge in [-0.25, -0.2) is 8.78 Å². The minimum atomic E-state index is -1.37. The molecule has 1 aromatic rings. The highest BCUT2D eigenvalue weighted by atomic mass is 19.2. The predicted octanol–water partition coefficient (Wildman–Crippen LogP) is 1.32. The van der Waals surface area contributed by atoms with Crippen LogP contribution in [0.1, 0.15) is 18.9 Å². The van der Waals surface area contributed by atoms with Gasteiger partial charge in [-0.2, -0.15) is 4.39 Å². The minimum absolute atomic E-state index is 0.0921. The van der Waals surface area contributed by atoms with E-state index in [0.717, 1.165) is 0 Å². The fourth-order valence-corrected chi connectivity index (χ4v) is 1.65. The zero-order chi connectivity index (χ0) is 15.3. The van der Waals surface area contributed by atoms with Gasteiger partial charge in [-0.05, 0) is 6.42 Å². The van der Waals surface area contributed by atoms with Crippen LogP contribution >= 0.6 is 0 Å². The lowest BCUT2D eigenvalue weighted by molar-refractivity contribution is -0.108. The Morgan fingerprint density at radius 3 is 2.60 bits per heavy atom. The normalized spacial score (nSPS) is 13.9. The number of nitrogens with two attached hydrogens (primary N) is 1. The van der Waals surface area contributed by atoms with Crippen molar-refractivity contribution in [3.63, 3.8) is 0 Å². The first-order valence-corrected chi connectivity index (χ1v) is 6.08. The molecule has 0 saturated heterocycles. The van der Waals surface area contributed by atoms with Gasteiger partial charge in [-0.1, -0.05) is 6.92 Å². The molecule has 0 fully saturated rings. The number of aldehydes is 1. The first-order valence-electron chi connectivity index (χ1n) is 6.08. The summed E-state index contributed by atoms with van der Waals surface area (Å²) in [7, 11) is 0. The molecule has 0 aliphatic rings. The molecule has 0 radical (unpaired) electrons. The summed E-state index contributed by atoms with van der Waals surface area (Å²) in [5.74, 6) is -4.20. The minimum Gasteiger partial charge on any atom is -0.487 e. The number of carbonyl (C=O) groups is 1. The van der Waals surface area contributed by atoms with Crippen molar-refractivity contribution in [2.75, 3.05) is 6.61 Å². The Morgan fingerprint density at radius 1 is 1.40 bits per heavy atom. The second-order valence-electron chi connectivity index (χ2n) is 4.26. The van der Waals surface area contributed by atoms with Crippen molar-refractivity contribution in [2.45, 2.75) is 31.9 Å². The highest BCUT2D eigenvalue weighted by Gasteiger charge is 2.21. The molecular formula is C13H16F3NO3. The van der Waals surface area contributed by atoms with E-state index in [1.54, 1.807) is 6.92 Å². The maximum absolute atomic E-state index is 13.6. The molecule has 0 aliphatic heterocycles. The molecule has 1 rings (SSSR count). The van der Waals surface area contributed by atoms with Crippen molar-refractivity contribution < 1.29 is 27.8 Å². The molecule has 0 spiro atoms. The average Bonchev–Trinajstić information content (AvgIpc) is 2.41. The van der Waals surface area contributed by atoms with Crippen LogP contribution < -0.4 is 10.5 Å². The lowest BCUT2D eigenvalue weighted by atomic mass is 10.1. The van der Waals surface area contributed by atoms with Crippen LogP contribution in [-0.4, -0.2) is 30.1 Å². The Hall–Kier alpha value is -1.60. The van der Waals surface area contributed by atoms with Gasteiger partial charge in [0.15, 0.2) is 11.6 Å². The highest BCUT2D eigenvalue weighted by molar-refractivity contribution is 5.50. The van der Waals surface area contributed by atoms with E-state index >= 15 is 0 Å². The fraction of sp³-hybridized carbons (Fsp3) is 0.462. The molecule has 0 aromatic heterocycles. The zero-order valence-corrected chi connectivity index (χ0v) is 10.9. The molecule has 0 amide bonds. The van der Waals surface area contributed by atoms with Gasteiger partial charge >= 0.3 is 0 Å². The van der Waals surface area contributed by atoms with Crippen LogP contribution in [-0.2, 0) is 11.2 Å². The van der Waals surface area contributed by atoms with Crippen molar-refractivity contribution in [2.24, 2.45) is 5.73 Å². The van der Waals surface area contributed by atoms with Gasteiger partial charge in [-0.3, -0.25) is 0 Å². The molecule has 112 valence electrons. The number of hydrogen-bond donors (Lipinski definition) is 2. The molecule has 2 unspecified atom stereocenters. The van der Waals surface area contributed by atoms with Crippen LogP contribution in [0.25, 0.3) is 0 Å². The number of aliphatic hydroxyl groups excluding tert-OH is 1. The van der Waals surface area contributed by atoms with Gasteiger partial charge in [0.1, 0.15) is 24.8 Å². The second-order valence-corrected chi connectivity index (χ2v) is 4.26. The Balaban J connectivity index is 2.89. The van der Waals surface area contributed by atoms with Crippen molar-refractivity contribution in [1.29, 1.82) is 0 Å². The topological polar surface area (TPSA) is 72.6 Å². The summed E-state index contributed by atoms with van der Waals surface area (Å²) in [5, 5.41) is 9.58. The van der Waals surface area contributed by atoms with Gasteiger partial charge in [0.25, 0.3) is 0 Å². The molecule has 20 heavy (non-hydrogen) atoms. The Morgan fingerprint density at radius 2 is 2.05 bits per heavy atom. The smallest absolute Gasteiger partial charge is 0.201 e. The largest absolute Gasteiger partial charge is 0.487 e. The van der Waals surface area contributed by atoms with Gasteiger partial charge in [0, 0.05) is 24.1 Å². The molecule has 0 saturated carbocycles. The molecule has 2 atom stereocenters. The average molecular weight is 291 g/mol. The number of halogens is 3. The number of benzene rings is 1. The van der Waals surface area contributed by atoms with E-state index in [9.17, 15) is 23.1 Å². The molecule has 3 N–H and O–H groups in total. The summed E-state index contributed by atoms with van der Waals surface area (Å²) in [4.78, 5) is 10.2. The van der Waals surface area contributed by atoms with E-state index in [1.165, 1.54) is 0 Å². The van der Waals surface area contributed by atoms with Gasteiger partial charge in [0.2, 0.25) is 5.82 Å². The molecule has 1 aromatic carbocycles. The number of rotatable bonds is 7. The maximum atomic E-state index is 13.6. The summed E-state index contributed by atoms with van der Waals surface area (Å²) in [6.07, 6.45) is -0.746. The van der Waals surface area contributed by atoms with Crippen molar-refractivity contribution in [3.8, 4) is 5.75 Å². The van der Waals surface area contributed by atoms with Crippen LogP contribution in [0.4, 0.5) is 13.2 Å². The standard InChI is InChI=1S/C13H16F3NO3/c1-2-7-8(14)5-9(15)12(16)13(7)20-6-11(19)10(17)3-4-18/h4-5,10-11,19H,2-3,6,17H2,1H3. The van der Waals surface area contributed by atoms with E-state index in [1.807, 2.05) is 0 Å². The first kappa shape index (κ1) is 16.5. The molecular weight excluding hydrogens is 275 g/mol. The molecule has 0 bridgehead atoms. The Kier molecular flexibility index (Phi) is 5.97. The molecule has 4 nitrogen and oxygen atoms in total. The summed E-state index contributed by atoms with van der Waals surface area (Å²) < 4.78 is 45.1. The van der Waals surface area contributed by atoms with Crippen LogP contribution in [0, 0.1) is 17.5 Å². The molecule has 0 heterocycles. The van der Waals surface area contributed by atoms with Crippen molar-refractivity contribution in [3.05, 3.63) is 29.1 Å². The summed E-state index contributed by atoms with van der Waals surface area (Å²) in [6, 6.07) is -0.450. The van der Waals surface area contributed by atoms with E-state index < -0.39 is 42.0 Å². The summed E-state index contributed by atoms with van der Waals surface area (Å²) >= 11 is 0. The number of aliphatic hydroxyl groups is 1. The third-order valence-electron chi connectivity index (χ3n) is 2.84. The zero-order valence-electron chi connectivity index (χ0n) is 10.9. The number of hydrogen-bond acceptors (Lipinski definition) is 4. The van der Waals surface area contributed by atoms with Gasteiger partial charge in [-0.15, -0.1) is 0 Å². The molecule has 7 heteroatoms. The SMILES string of the molecule is CCc1c(F)cc(F)c(F)c1OCC(O)C(N)CC=O. The lowest BCUT2D eigenvalue weighted by Crippen LogP contribution is -2.39. The third-order valence-corrected chi connectivity index (χ3v) is 2.84. The van der Waals surface area contributed by atoms with E-state index in [2.05, 4.69) is 0 Å². The quantitative estimate of drug-likeness (QED) is 0.587.